The van der Waals surface area contributed by atoms with Crippen molar-refractivity contribution in [1.29, 1.82) is 0 Å². The van der Waals surface area contributed by atoms with Gasteiger partial charge in [0.1, 0.15) is 25.2 Å². The SMILES string of the molecule is C=CC(=O)O[C@H]1C[C@@H](C(=O)OCO)N(C(C)OCOC)C1. The molecule has 1 heterocycles. The summed E-state index contributed by atoms with van der Waals surface area (Å²) in [5.74, 6) is -1.15. The second kappa shape index (κ2) is 8.73. The number of hydrogen-bond donors (Lipinski definition) is 1. The Bertz CT molecular complexity index is 374. The molecule has 8 heteroatoms. The van der Waals surface area contributed by atoms with Crippen LogP contribution in [0.25, 0.3) is 0 Å². The van der Waals surface area contributed by atoms with E-state index in [1.54, 1.807) is 11.8 Å². The monoisotopic (exact) mass is 303 g/mol. The molecule has 0 saturated carbocycles. The number of likely N-dealkylation sites (tertiary alicyclic amines) is 1. The van der Waals surface area contributed by atoms with Crippen molar-refractivity contribution in [2.75, 3.05) is 27.2 Å². The zero-order chi connectivity index (χ0) is 15.8. The molecule has 0 aliphatic carbocycles. The number of esters is 2. The molecule has 21 heavy (non-hydrogen) atoms. The van der Waals surface area contributed by atoms with E-state index in [0.29, 0.717) is 6.54 Å². The Morgan fingerprint density at radius 3 is 2.81 bits per heavy atom. The first-order valence-corrected chi connectivity index (χ1v) is 6.50. The second-order valence-electron chi connectivity index (χ2n) is 4.48. The summed E-state index contributed by atoms with van der Waals surface area (Å²) in [6.07, 6.45) is 0.419. The molecule has 120 valence electrons. The van der Waals surface area contributed by atoms with Crippen LogP contribution in [0.1, 0.15) is 13.3 Å². The molecule has 1 aliphatic rings. The minimum Gasteiger partial charge on any atom is -0.458 e. The summed E-state index contributed by atoms with van der Waals surface area (Å²) in [6, 6.07) is -0.661. The lowest BCUT2D eigenvalue weighted by molar-refractivity contribution is -0.168. The summed E-state index contributed by atoms with van der Waals surface area (Å²) in [5, 5.41) is 8.70. The highest BCUT2D eigenvalue weighted by Crippen LogP contribution is 2.24. The standard InChI is InChI=1S/C13H21NO7/c1-4-12(16)21-10-5-11(13(17)19-7-15)14(6-10)9(2)20-8-18-3/h4,9-11,15H,1,5-8H2,2-3H3/t9?,10-,11-/m0/s1. The van der Waals surface area contributed by atoms with E-state index in [-0.39, 0.29) is 13.2 Å². The van der Waals surface area contributed by atoms with Gasteiger partial charge in [-0.05, 0) is 6.92 Å². The van der Waals surface area contributed by atoms with Crippen molar-refractivity contribution in [2.24, 2.45) is 0 Å². The molecule has 1 saturated heterocycles. The molecule has 0 bridgehead atoms. The van der Waals surface area contributed by atoms with Gasteiger partial charge < -0.3 is 24.1 Å². The summed E-state index contributed by atoms with van der Waals surface area (Å²) >= 11 is 0. The molecule has 0 spiro atoms. The largest absolute Gasteiger partial charge is 0.458 e. The number of carbonyl (C=O) groups is 2. The molecule has 1 aliphatic heterocycles. The van der Waals surface area contributed by atoms with Crippen molar-refractivity contribution in [1.82, 2.24) is 4.90 Å². The van der Waals surface area contributed by atoms with Crippen LogP contribution in [0.2, 0.25) is 0 Å². The Kier molecular flexibility index (Phi) is 7.30. The molecule has 3 atom stereocenters. The van der Waals surface area contributed by atoms with Crippen LogP contribution < -0.4 is 0 Å². The third-order valence-corrected chi connectivity index (χ3v) is 3.12. The van der Waals surface area contributed by atoms with Crippen LogP contribution in [0.15, 0.2) is 12.7 Å². The maximum atomic E-state index is 11.9. The average molecular weight is 303 g/mol. The number of hydrogen-bond acceptors (Lipinski definition) is 8. The highest BCUT2D eigenvalue weighted by atomic mass is 16.7. The summed E-state index contributed by atoms with van der Waals surface area (Å²) < 4.78 is 20.0. The van der Waals surface area contributed by atoms with Crippen molar-refractivity contribution in [3.8, 4) is 0 Å². The minimum absolute atomic E-state index is 0.0660. The molecule has 1 unspecified atom stereocenters. The van der Waals surface area contributed by atoms with Crippen molar-refractivity contribution < 1.29 is 33.6 Å². The molecule has 0 radical (unpaired) electrons. The fraction of sp³-hybridized carbons (Fsp3) is 0.692. The molecule has 1 fully saturated rings. The van der Waals surface area contributed by atoms with Gasteiger partial charge in [-0.25, -0.2) is 4.79 Å². The van der Waals surface area contributed by atoms with E-state index in [1.165, 1.54) is 7.11 Å². The van der Waals surface area contributed by atoms with Gasteiger partial charge in [0.15, 0.2) is 6.79 Å². The number of methoxy groups -OCH3 is 1. The molecule has 0 aromatic heterocycles. The van der Waals surface area contributed by atoms with Gasteiger partial charge in [0, 0.05) is 26.2 Å². The average Bonchev–Trinajstić information content (AvgIpc) is 2.88. The van der Waals surface area contributed by atoms with Gasteiger partial charge in [-0.15, -0.1) is 0 Å². The zero-order valence-electron chi connectivity index (χ0n) is 12.2. The molecular formula is C13H21NO7. The third-order valence-electron chi connectivity index (χ3n) is 3.12. The van der Waals surface area contributed by atoms with Crippen LogP contribution in [0.4, 0.5) is 0 Å². The van der Waals surface area contributed by atoms with Crippen LogP contribution in [0.5, 0.6) is 0 Å². The highest BCUT2D eigenvalue weighted by molar-refractivity contribution is 5.81. The maximum absolute atomic E-state index is 11.9. The van der Waals surface area contributed by atoms with Crippen LogP contribution in [0, 0.1) is 0 Å². The van der Waals surface area contributed by atoms with E-state index in [2.05, 4.69) is 11.3 Å². The van der Waals surface area contributed by atoms with Gasteiger partial charge in [0.05, 0.1) is 0 Å². The van der Waals surface area contributed by atoms with Gasteiger partial charge in [0.2, 0.25) is 0 Å². The smallest absolute Gasteiger partial charge is 0.330 e. The highest BCUT2D eigenvalue weighted by Gasteiger charge is 2.42. The Morgan fingerprint density at radius 2 is 2.24 bits per heavy atom. The number of ether oxygens (including phenoxy) is 4. The zero-order valence-corrected chi connectivity index (χ0v) is 12.2. The van der Waals surface area contributed by atoms with Crippen molar-refractivity contribution in [3.05, 3.63) is 12.7 Å². The van der Waals surface area contributed by atoms with Gasteiger partial charge in [-0.1, -0.05) is 6.58 Å². The van der Waals surface area contributed by atoms with Crippen molar-refractivity contribution >= 4 is 11.9 Å². The third kappa shape index (κ3) is 5.09. The van der Waals surface area contributed by atoms with E-state index >= 15 is 0 Å². The topological polar surface area (TPSA) is 94.5 Å². The first kappa shape index (κ1) is 17.6. The molecule has 0 amide bonds. The van der Waals surface area contributed by atoms with Gasteiger partial charge in [0.25, 0.3) is 0 Å². The lowest BCUT2D eigenvalue weighted by Crippen LogP contribution is -2.44. The summed E-state index contributed by atoms with van der Waals surface area (Å²) in [5.41, 5.74) is 0. The maximum Gasteiger partial charge on any atom is 0.330 e. The Balaban J connectivity index is 2.72. The quantitative estimate of drug-likeness (QED) is 0.368. The first-order chi connectivity index (χ1) is 10.0. The van der Waals surface area contributed by atoms with Crippen LogP contribution >= 0.6 is 0 Å². The molecular weight excluding hydrogens is 282 g/mol. The second-order valence-corrected chi connectivity index (χ2v) is 4.48. The van der Waals surface area contributed by atoms with E-state index in [0.717, 1.165) is 6.08 Å². The predicted molar refractivity (Wildman–Crippen MR) is 70.8 cm³/mol. The Morgan fingerprint density at radius 1 is 1.52 bits per heavy atom. The number of aliphatic hydroxyl groups is 1. The van der Waals surface area contributed by atoms with Crippen LogP contribution in [-0.4, -0.2) is 67.6 Å². The van der Waals surface area contributed by atoms with E-state index in [4.69, 9.17) is 19.3 Å². The van der Waals surface area contributed by atoms with E-state index < -0.39 is 37.1 Å². The summed E-state index contributed by atoms with van der Waals surface area (Å²) in [7, 11) is 1.49. The lowest BCUT2D eigenvalue weighted by Gasteiger charge is -2.28. The number of carbonyl (C=O) groups excluding carboxylic acids is 2. The Hall–Kier alpha value is -1.48. The fourth-order valence-corrected chi connectivity index (χ4v) is 2.17. The van der Waals surface area contributed by atoms with Gasteiger partial charge in [-0.2, -0.15) is 0 Å². The molecule has 1 N–H and O–H groups in total. The first-order valence-electron chi connectivity index (χ1n) is 6.50. The fourth-order valence-electron chi connectivity index (χ4n) is 2.17. The number of rotatable bonds is 8. The Labute approximate surface area is 123 Å². The molecule has 1 rings (SSSR count). The normalized spacial score (nSPS) is 23.6. The molecule has 8 nitrogen and oxygen atoms in total. The molecule has 0 aromatic carbocycles. The number of nitrogens with zero attached hydrogens (tertiary/aromatic N) is 1. The van der Waals surface area contributed by atoms with Crippen molar-refractivity contribution in [3.63, 3.8) is 0 Å². The summed E-state index contributed by atoms with van der Waals surface area (Å²) in [4.78, 5) is 24.8. The van der Waals surface area contributed by atoms with Crippen molar-refractivity contribution in [2.45, 2.75) is 31.7 Å². The predicted octanol–water partition coefficient (Wildman–Crippen LogP) is -0.382. The van der Waals surface area contributed by atoms with E-state index in [9.17, 15) is 9.59 Å². The van der Waals surface area contributed by atoms with Crippen LogP contribution in [-0.2, 0) is 28.5 Å². The molecule has 0 aromatic rings. The number of aliphatic hydroxyl groups excluding tert-OH is 1. The van der Waals surface area contributed by atoms with Crippen LogP contribution in [0.3, 0.4) is 0 Å². The lowest BCUT2D eigenvalue weighted by atomic mass is 10.2. The minimum atomic E-state index is -0.701. The summed E-state index contributed by atoms with van der Waals surface area (Å²) in [6.45, 7) is 4.75. The van der Waals surface area contributed by atoms with Gasteiger partial charge in [-0.3, -0.25) is 9.69 Å². The van der Waals surface area contributed by atoms with Gasteiger partial charge >= 0.3 is 11.9 Å². The van der Waals surface area contributed by atoms with E-state index in [1.807, 2.05) is 0 Å².